The Labute approximate surface area is 74.1 Å². The normalized spacial score (nSPS) is 20.0. The van der Waals surface area contributed by atoms with Gasteiger partial charge in [-0.2, -0.15) is 0 Å². The molecule has 1 N–H and O–H groups in total. The summed E-state index contributed by atoms with van der Waals surface area (Å²) >= 11 is 0. The monoisotopic (exact) mass is 164 g/mol. The SMILES string of the molecule is C.Cc1ccc2c(c1)CC(O)C2. The average molecular weight is 164 g/mol. The van der Waals surface area contributed by atoms with Crippen LogP contribution in [0.1, 0.15) is 24.1 Å². The maximum absolute atomic E-state index is 9.34. The third-order valence-electron chi connectivity index (χ3n) is 2.27. The van der Waals surface area contributed by atoms with Crippen LogP contribution in [0.5, 0.6) is 0 Å². The molecule has 0 saturated heterocycles. The zero-order valence-electron chi connectivity index (χ0n) is 6.67. The van der Waals surface area contributed by atoms with Crippen molar-refractivity contribution in [3.05, 3.63) is 34.9 Å². The van der Waals surface area contributed by atoms with E-state index in [1.165, 1.54) is 16.7 Å². The lowest BCUT2D eigenvalue weighted by Crippen LogP contribution is -2.03. The van der Waals surface area contributed by atoms with Crippen molar-refractivity contribution in [3.8, 4) is 0 Å². The highest BCUT2D eigenvalue weighted by Crippen LogP contribution is 2.22. The zero-order valence-corrected chi connectivity index (χ0v) is 6.67. The Kier molecular flexibility index (Phi) is 2.53. The maximum atomic E-state index is 9.34. The molecular formula is C11H16O. The van der Waals surface area contributed by atoms with Gasteiger partial charge in [-0.05, 0) is 30.9 Å². The van der Waals surface area contributed by atoms with Gasteiger partial charge in [-0.25, -0.2) is 0 Å². The van der Waals surface area contributed by atoms with Crippen LogP contribution in [-0.2, 0) is 12.8 Å². The minimum absolute atomic E-state index is 0. The smallest absolute Gasteiger partial charge is 0.0621 e. The predicted molar refractivity (Wildman–Crippen MR) is 51.3 cm³/mol. The van der Waals surface area contributed by atoms with Crippen LogP contribution < -0.4 is 0 Å². The fraction of sp³-hybridized carbons (Fsp3) is 0.455. The molecule has 66 valence electrons. The molecule has 1 atom stereocenters. The van der Waals surface area contributed by atoms with E-state index in [1.54, 1.807) is 0 Å². The summed E-state index contributed by atoms with van der Waals surface area (Å²) in [5.74, 6) is 0. The Bertz CT molecular complexity index is 278. The molecule has 0 radical (unpaired) electrons. The van der Waals surface area contributed by atoms with Gasteiger partial charge in [-0.1, -0.05) is 31.2 Å². The molecule has 1 aromatic carbocycles. The number of fused-ring (bicyclic) bond motifs is 1. The van der Waals surface area contributed by atoms with Gasteiger partial charge < -0.3 is 5.11 Å². The van der Waals surface area contributed by atoms with Gasteiger partial charge >= 0.3 is 0 Å². The van der Waals surface area contributed by atoms with Gasteiger partial charge in [0.05, 0.1) is 6.10 Å². The molecule has 0 aromatic heterocycles. The molecule has 1 aliphatic rings. The van der Waals surface area contributed by atoms with E-state index >= 15 is 0 Å². The van der Waals surface area contributed by atoms with E-state index in [9.17, 15) is 5.11 Å². The number of aliphatic hydroxyl groups is 1. The van der Waals surface area contributed by atoms with Crippen LogP contribution in [0.4, 0.5) is 0 Å². The number of rotatable bonds is 0. The largest absolute Gasteiger partial charge is 0.392 e. The van der Waals surface area contributed by atoms with Crippen LogP contribution in [0.3, 0.4) is 0 Å². The number of hydrogen-bond acceptors (Lipinski definition) is 1. The molecule has 0 bridgehead atoms. The second kappa shape index (κ2) is 3.28. The first-order valence-corrected chi connectivity index (χ1v) is 4.02. The lowest BCUT2D eigenvalue weighted by Gasteiger charge is -1.97. The summed E-state index contributed by atoms with van der Waals surface area (Å²) < 4.78 is 0. The molecule has 0 spiro atoms. The Morgan fingerprint density at radius 1 is 1.25 bits per heavy atom. The number of aliphatic hydroxyl groups excluding tert-OH is 1. The number of benzene rings is 1. The van der Waals surface area contributed by atoms with Crippen molar-refractivity contribution in [2.24, 2.45) is 0 Å². The van der Waals surface area contributed by atoms with E-state index in [2.05, 4.69) is 25.1 Å². The summed E-state index contributed by atoms with van der Waals surface area (Å²) in [6, 6.07) is 6.41. The number of hydrogen-bond donors (Lipinski definition) is 1. The molecule has 0 amide bonds. The first kappa shape index (κ1) is 9.27. The molecule has 0 fully saturated rings. The molecule has 1 heteroatoms. The van der Waals surface area contributed by atoms with Crippen LogP contribution in [0, 0.1) is 6.92 Å². The molecule has 0 saturated carbocycles. The lowest BCUT2D eigenvalue weighted by atomic mass is 10.1. The van der Waals surface area contributed by atoms with Crippen LogP contribution >= 0.6 is 0 Å². The fourth-order valence-corrected chi connectivity index (χ4v) is 1.72. The highest BCUT2D eigenvalue weighted by atomic mass is 16.3. The lowest BCUT2D eigenvalue weighted by molar-refractivity contribution is 0.187. The Morgan fingerprint density at radius 2 is 1.92 bits per heavy atom. The van der Waals surface area contributed by atoms with Gasteiger partial charge in [-0.15, -0.1) is 0 Å². The predicted octanol–water partition coefficient (Wildman–Crippen LogP) is 2.09. The van der Waals surface area contributed by atoms with E-state index in [1.807, 2.05) is 0 Å². The Morgan fingerprint density at radius 3 is 2.67 bits per heavy atom. The van der Waals surface area contributed by atoms with Crippen LogP contribution in [0.2, 0.25) is 0 Å². The topological polar surface area (TPSA) is 20.2 Å². The fourth-order valence-electron chi connectivity index (χ4n) is 1.72. The van der Waals surface area contributed by atoms with Crippen molar-refractivity contribution in [2.75, 3.05) is 0 Å². The van der Waals surface area contributed by atoms with E-state index in [4.69, 9.17) is 0 Å². The first-order chi connectivity index (χ1) is 5.25. The molecule has 2 rings (SSSR count). The summed E-state index contributed by atoms with van der Waals surface area (Å²) in [6.45, 7) is 2.09. The van der Waals surface area contributed by atoms with Gasteiger partial charge in [0.1, 0.15) is 0 Å². The van der Waals surface area contributed by atoms with E-state index in [0.29, 0.717) is 0 Å². The summed E-state index contributed by atoms with van der Waals surface area (Å²) in [6.07, 6.45) is 1.55. The Balaban J connectivity index is 0.000000720. The zero-order chi connectivity index (χ0) is 7.84. The van der Waals surface area contributed by atoms with Crippen molar-refractivity contribution in [3.63, 3.8) is 0 Å². The number of aryl methyl sites for hydroxylation is 1. The average Bonchev–Trinajstić information content (AvgIpc) is 2.27. The second-order valence-electron chi connectivity index (χ2n) is 3.33. The summed E-state index contributed by atoms with van der Waals surface area (Å²) in [5, 5.41) is 9.34. The van der Waals surface area contributed by atoms with Crippen LogP contribution in [0.25, 0.3) is 0 Å². The van der Waals surface area contributed by atoms with Gasteiger partial charge in [0, 0.05) is 0 Å². The van der Waals surface area contributed by atoms with E-state index in [-0.39, 0.29) is 13.5 Å². The quantitative estimate of drug-likeness (QED) is 0.622. The molecule has 1 aromatic rings. The highest BCUT2D eigenvalue weighted by molar-refractivity contribution is 5.35. The highest BCUT2D eigenvalue weighted by Gasteiger charge is 2.18. The van der Waals surface area contributed by atoms with Crippen LogP contribution in [0.15, 0.2) is 18.2 Å². The maximum Gasteiger partial charge on any atom is 0.0621 e. The van der Waals surface area contributed by atoms with Gasteiger partial charge in [0.2, 0.25) is 0 Å². The van der Waals surface area contributed by atoms with Gasteiger partial charge in [0.25, 0.3) is 0 Å². The summed E-state index contributed by atoms with van der Waals surface area (Å²) in [4.78, 5) is 0. The molecule has 0 aliphatic heterocycles. The van der Waals surface area contributed by atoms with Crippen molar-refractivity contribution in [1.29, 1.82) is 0 Å². The van der Waals surface area contributed by atoms with Crippen molar-refractivity contribution < 1.29 is 5.11 Å². The Hall–Kier alpha value is -0.820. The van der Waals surface area contributed by atoms with Gasteiger partial charge in [0.15, 0.2) is 0 Å². The van der Waals surface area contributed by atoms with Crippen LogP contribution in [-0.4, -0.2) is 11.2 Å². The minimum Gasteiger partial charge on any atom is -0.392 e. The van der Waals surface area contributed by atoms with Gasteiger partial charge in [-0.3, -0.25) is 0 Å². The third-order valence-corrected chi connectivity index (χ3v) is 2.27. The van der Waals surface area contributed by atoms with E-state index in [0.717, 1.165) is 12.8 Å². The minimum atomic E-state index is -0.133. The second-order valence-corrected chi connectivity index (χ2v) is 3.33. The van der Waals surface area contributed by atoms with Crippen molar-refractivity contribution in [1.82, 2.24) is 0 Å². The van der Waals surface area contributed by atoms with Crippen molar-refractivity contribution in [2.45, 2.75) is 33.3 Å². The summed E-state index contributed by atoms with van der Waals surface area (Å²) in [5.41, 5.74) is 3.94. The molecule has 1 unspecified atom stereocenters. The molecule has 0 heterocycles. The van der Waals surface area contributed by atoms with E-state index < -0.39 is 0 Å². The standard InChI is InChI=1S/C10H12O.CH4/c1-7-2-3-8-5-10(11)6-9(8)4-7;/h2-4,10-11H,5-6H2,1H3;1H4. The van der Waals surface area contributed by atoms with Crippen molar-refractivity contribution >= 4 is 0 Å². The molecule has 1 aliphatic carbocycles. The summed E-state index contributed by atoms with van der Waals surface area (Å²) in [7, 11) is 0. The molecular weight excluding hydrogens is 148 g/mol. The first-order valence-electron chi connectivity index (χ1n) is 4.02. The molecule has 12 heavy (non-hydrogen) atoms. The third kappa shape index (κ3) is 1.51. The molecule has 1 nitrogen and oxygen atoms in total.